The first-order valence-corrected chi connectivity index (χ1v) is 8.89. The number of benzene rings is 2. The second-order valence-electron chi connectivity index (χ2n) is 6.51. The van der Waals surface area contributed by atoms with Crippen LogP contribution in [0.3, 0.4) is 0 Å². The van der Waals surface area contributed by atoms with Gasteiger partial charge in [-0.2, -0.15) is 4.98 Å². The highest BCUT2D eigenvalue weighted by Crippen LogP contribution is 2.21. The molecule has 0 radical (unpaired) electrons. The number of hydrogen-bond acceptors (Lipinski definition) is 6. The zero-order valence-electron chi connectivity index (χ0n) is 14.7. The Bertz CT molecular complexity index is 898. The maximum Gasteiger partial charge on any atom is 0.322 e. The van der Waals surface area contributed by atoms with Crippen LogP contribution in [-0.2, 0) is 0 Å². The van der Waals surface area contributed by atoms with Crippen molar-refractivity contribution in [3.8, 4) is 11.4 Å². The molecule has 7 heteroatoms. The van der Waals surface area contributed by atoms with Gasteiger partial charge in [0, 0.05) is 24.2 Å². The smallest absolute Gasteiger partial charge is 0.322 e. The average Bonchev–Trinajstić information content (AvgIpc) is 3.19. The number of β-amino-alcohol motifs (C(OH)–C–C–N with tert-alkyl or cyclic N) is 1. The van der Waals surface area contributed by atoms with Crippen LogP contribution in [0.1, 0.15) is 16.8 Å². The first-order chi connectivity index (χ1) is 13.2. The molecule has 2 atom stereocenters. The molecule has 2 aromatic carbocycles. The molecular formula is C20H20N4O3. The number of hydrogen-bond donors (Lipinski definition) is 2. The van der Waals surface area contributed by atoms with Crippen molar-refractivity contribution in [1.29, 1.82) is 0 Å². The van der Waals surface area contributed by atoms with Crippen LogP contribution in [0.2, 0.25) is 0 Å². The first kappa shape index (κ1) is 17.2. The molecule has 1 amide bonds. The third kappa shape index (κ3) is 3.83. The van der Waals surface area contributed by atoms with Crippen molar-refractivity contribution in [2.45, 2.75) is 18.6 Å². The number of aliphatic hydroxyl groups is 1. The van der Waals surface area contributed by atoms with E-state index in [9.17, 15) is 9.90 Å². The average molecular weight is 364 g/mol. The van der Waals surface area contributed by atoms with Gasteiger partial charge in [0.1, 0.15) is 0 Å². The summed E-state index contributed by atoms with van der Waals surface area (Å²) in [5, 5.41) is 17.5. The highest BCUT2D eigenvalue weighted by Gasteiger charge is 2.31. The van der Waals surface area contributed by atoms with Crippen LogP contribution in [0.5, 0.6) is 0 Å². The van der Waals surface area contributed by atoms with E-state index in [-0.39, 0.29) is 24.5 Å². The van der Waals surface area contributed by atoms with Gasteiger partial charge in [-0.25, -0.2) is 0 Å². The molecular weight excluding hydrogens is 344 g/mol. The number of carbonyl (C=O) groups is 1. The molecule has 3 aromatic rings. The largest absolute Gasteiger partial charge is 0.389 e. The van der Waals surface area contributed by atoms with Gasteiger partial charge in [0.25, 0.3) is 5.91 Å². The molecule has 1 aromatic heterocycles. The molecule has 1 aliphatic heterocycles. The Hall–Kier alpha value is -3.19. The van der Waals surface area contributed by atoms with E-state index >= 15 is 0 Å². The van der Waals surface area contributed by atoms with E-state index in [1.807, 2.05) is 48.5 Å². The van der Waals surface area contributed by atoms with E-state index in [2.05, 4.69) is 15.5 Å². The van der Waals surface area contributed by atoms with E-state index in [1.165, 1.54) is 0 Å². The molecule has 1 saturated heterocycles. The van der Waals surface area contributed by atoms with Crippen LogP contribution in [0.25, 0.3) is 11.4 Å². The number of aliphatic hydroxyl groups excluding tert-OH is 1. The van der Waals surface area contributed by atoms with Gasteiger partial charge in [-0.05, 0) is 18.6 Å². The van der Waals surface area contributed by atoms with Crippen LogP contribution in [0, 0.1) is 0 Å². The van der Waals surface area contributed by atoms with Gasteiger partial charge in [0.05, 0.1) is 12.1 Å². The van der Waals surface area contributed by atoms with Crippen LogP contribution in [0.15, 0.2) is 65.2 Å². The lowest BCUT2D eigenvalue weighted by atomic mass is 10.0. The summed E-state index contributed by atoms with van der Waals surface area (Å²) in [6.07, 6.45) is -0.138. The lowest BCUT2D eigenvalue weighted by molar-refractivity contribution is 0.0422. The van der Waals surface area contributed by atoms with E-state index < -0.39 is 6.10 Å². The van der Waals surface area contributed by atoms with Crippen molar-refractivity contribution in [1.82, 2.24) is 15.0 Å². The van der Waals surface area contributed by atoms with Gasteiger partial charge in [0.15, 0.2) is 0 Å². The highest BCUT2D eigenvalue weighted by molar-refractivity contribution is 5.94. The van der Waals surface area contributed by atoms with Crippen molar-refractivity contribution in [3.63, 3.8) is 0 Å². The van der Waals surface area contributed by atoms with Crippen LogP contribution in [0.4, 0.5) is 6.01 Å². The minimum absolute atomic E-state index is 0.0720. The number of nitrogens with one attached hydrogen (secondary N) is 1. The first-order valence-electron chi connectivity index (χ1n) is 8.89. The normalized spacial score (nSPS) is 19.7. The summed E-state index contributed by atoms with van der Waals surface area (Å²) >= 11 is 0. The molecule has 1 fully saturated rings. The van der Waals surface area contributed by atoms with Crippen molar-refractivity contribution >= 4 is 11.9 Å². The topological polar surface area (TPSA) is 91.5 Å². The summed E-state index contributed by atoms with van der Waals surface area (Å²) in [6.45, 7) is 0.799. The van der Waals surface area contributed by atoms with Crippen molar-refractivity contribution < 1.29 is 14.4 Å². The van der Waals surface area contributed by atoms with Crippen LogP contribution >= 0.6 is 0 Å². The number of likely N-dealkylation sites (tertiary alicyclic amines) is 1. The predicted molar refractivity (Wildman–Crippen MR) is 100 cm³/mol. The fraction of sp³-hybridized carbons (Fsp3) is 0.250. The lowest BCUT2D eigenvalue weighted by Crippen LogP contribution is -2.51. The third-order valence-electron chi connectivity index (χ3n) is 4.66. The van der Waals surface area contributed by atoms with Gasteiger partial charge in [0.2, 0.25) is 5.82 Å². The van der Waals surface area contributed by atoms with Gasteiger partial charge in [-0.1, -0.05) is 53.7 Å². The van der Waals surface area contributed by atoms with E-state index in [1.54, 1.807) is 17.0 Å². The Balaban J connectivity index is 1.38. The molecule has 0 aliphatic carbocycles. The SMILES string of the molecule is O=C(c1ccccc1)N1CCC(Nc2nc(-c3ccccc3)no2)C(O)C1. The monoisotopic (exact) mass is 364 g/mol. The molecule has 27 heavy (non-hydrogen) atoms. The van der Waals surface area contributed by atoms with E-state index in [4.69, 9.17) is 4.52 Å². The van der Waals surface area contributed by atoms with Crippen LogP contribution in [-0.4, -0.2) is 51.3 Å². The summed E-state index contributed by atoms with van der Waals surface area (Å²) in [5.41, 5.74) is 1.48. The summed E-state index contributed by atoms with van der Waals surface area (Å²) in [4.78, 5) is 18.5. The van der Waals surface area contributed by atoms with Crippen molar-refractivity contribution in [3.05, 3.63) is 66.2 Å². The second-order valence-corrected chi connectivity index (χ2v) is 6.51. The van der Waals surface area contributed by atoms with Gasteiger partial charge >= 0.3 is 6.01 Å². The van der Waals surface area contributed by atoms with E-state index in [0.29, 0.717) is 24.4 Å². The third-order valence-corrected chi connectivity index (χ3v) is 4.66. The zero-order valence-corrected chi connectivity index (χ0v) is 14.7. The summed E-state index contributed by atoms with van der Waals surface area (Å²) in [6, 6.07) is 18.6. The fourth-order valence-electron chi connectivity index (χ4n) is 3.19. The van der Waals surface area contributed by atoms with E-state index in [0.717, 1.165) is 5.56 Å². The number of rotatable bonds is 4. The lowest BCUT2D eigenvalue weighted by Gasteiger charge is -2.35. The minimum atomic E-state index is -0.724. The Labute approximate surface area is 156 Å². The number of anilines is 1. The number of carbonyl (C=O) groups excluding carboxylic acids is 1. The second kappa shape index (κ2) is 7.59. The Morgan fingerprint density at radius 2 is 1.81 bits per heavy atom. The predicted octanol–water partition coefficient (Wildman–Crippen LogP) is 2.42. The van der Waals surface area contributed by atoms with Gasteiger partial charge < -0.3 is 19.8 Å². The van der Waals surface area contributed by atoms with Crippen molar-refractivity contribution in [2.75, 3.05) is 18.4 Å². The molecule has 2 unspecified atom stereocenters. The molecule has 1 aliphatic rings. The molecule has 0 saturated carbocycles. The molecule has 0 bridgehead atoms. The van der Waals surface area contributed by atoms with Gasteiger partial charge in [-0.3, -0.25) is 4.79 Å². The standard InChI is InChI=1S/C20H20N4O3/c25-17-13-24(19(26)15-9-5-2-6-10-15)12-11-16(17)21-20-22-18(23-27-20)14-7-3-1-4-8-14/h1-10,16-17,25H,11-13H2,(H,21,22,23). The number of nitrogens with zero attached hydrogens (tertiary/aromatic N) is 3. The Morgan fingerprint density at radius 1 is 1.11 bits per heavy atom. The minimum Gasteiger partial charge on any atom is -0.389 e. The zero-order chi connectivity index (χ0) is 18.6. The number of aromatic nitrogens is 2. The highest BCUT2D eigenvalue weighted by atomic mass is 16.5. The Morgan fingerprint density at radius 3 is 2.52 bits per heavy atom. The molecule has 2 N–H and O–H groups in total. The maximum atomic E-state index is 12.5. The molecule has 7 nitrogen and oxygen atoms in total. The summed E-state index contributed by atoms with van der Waals surface area (Å²) in [5.74, 6) is 0.418. The molecule has 0 spiro atoms. The number of piperidine rings is 1. The van der Waals surface area contributed by atoms with Gasteiger partial charge in [-0.15, -0.1) is 0 Å². The fourth-order valence-corrected chi connectivity index (χ4v) is 3.19. The summed E-state index contributed by atoms with van der Waals surface area (Å²) in [7, 11) is 0. The van der Waals surface area contributed by atoms with Crippen molar-refractivity contribution in [2.24, 2.45) is 0 Å². The summed E-state index contributed by atoms with van der Waals surface area (Å²) < 4.78 is 5.25. The maximum absolute atomic E-state index is 12.5. The molecule has 4 rings (SSSR count). The quantitative estimate of drug-likeness (QED) is 0.739. The number of amides is 1. The van der Waals surface area contributed by atoms with Crippen LogP contribution < -0.4 is 5.32 Å². The molecule has 2 heterocycles. The Kier molecular flexibility index (Phi) is 4.84. The molecule has 138 valence electrons.